The number of hydrogen-bond acceptors (Lipinski definition) is 3. The number of piperidine rings is 1. The van der Waals surface area contributed by atoms with Crippen LogP contribution in [0, 0.1) is 12.8 Å². The topological polar surface area (TPSA) is 49.8 Å². The number of likely N-dealkylation sites (tertiary alicyclic amines) is 1. The lowest BCUT2D eigenvalue weighted by molar-refractivity contribution is -0.143. The second-order valence-electron chi connectivity index (χ2n) is 6.50. The molecule has 122 valence electrons. The highest BCUT2D eigenvalue weighted by Crippen LogP contribution is 2.23. The van der Waals surface area contributed by atoms with Crippen molar-refractivity contribution < 1.29 is 14.6 Å². The number of aryl methyl sites for hydroxylation is 1. The number of carboxylic acid groups (broad SMARTS) is 1. The van der Waals surface area contributed by atoms with Gasteiger partial charge in [0.25, 0.3) is 0 Å². The summed E-state index contributed by atoms with van der Waals surface area (Å²) in [5, 5.41) is 9.10. The highest BCUT2D eigenvalue weighted by Gasteiger charge is 2.24. The SMILES string of the molecule is Cc1cc(OCCN2CCC[C@H](C(=O)O)C2)ccc1C(C)C. The van der Waals surface area contributed by atoms with Crippen LogP contribution in [0.2, 0.25) is 0 Å². The van der Waals surface area contributed by atoms with Gasteiger partial charge in [0.2, 0.25) is 0 Å². The smallest absolute Gasteiger partial charge is 0.307 e. The Balaban J connectivity index is 1.81. The summed E-state index contributed by atoms with van der Waals surface area (Å²) in [7, 11) is 0. The molecular weight excluding hydrogens is 278 g/mol. The van der Waals surface area contributed by atoms with E-state index in [1.807, 2.05) is 6.07 Å². The summed E-state index contributed by atoms with van der Waals surface area (Å²) in [5.74, 6) is 0.524. The zero-order valence-electron chi connectivity index (χ0n) is 13.8. The van der Waals surface area contributed by atoms with Crippen LogP contribution >= 0.6 is 0 Å². The molecule has 1 N–H and O–H groups in total. The van der Waals surface area contributed by atoms with Gasteiger partial charge in [-0.05, 0) is 55.5 Å². The van der Waals surface area contributed by atoms with E-state index in [2.05, 4.69) is 37.8 Å². The molecule has 22 heavy (non-hydrogen) atoms. The van der Waals surface area contributed by atoms with E-state index in [1.54, 1.807) is 0 Å². The van der Waals surface area contributed by atoms with E-state index in [1.165, 1.54) is 11.1 Å². The van der Waals surface area contributed by atoms with E-state index in [9.17, 15) is 4.79 Å². The van der Waals surface area contributed by atoms with Crippen LogP contribution in [0.1, 0.15) is 43.7 Å². The molecule has 4 heteroatoms. The first-order valence-electron chi connectivity index (χ1n) is 8.16. The molecule has 1 aromatic rings. The number of rotatable bonds is 6. The van der Waals surface area contributed by atoms with Crippen LogP contribution in [0.25, 0.3) is 0 Å². The Morgan fingerprint density at radius 3 is 2.86 bits per heavy atom. The van der Waals surface area contributed by atoms with Gasteiger partial charge in [0.05, 0.1) is 5.92 Å². The number of hydrogen-bond donors (Lipinski definition) is 1. The number of carboxylic acids is 1. The first kappa shape index (κ1) is 16.8. The molecule has 0 aliphatic carbocycles. The second-order valence-corrected chi connectivity index (χ2v) is 6.50. The van der Waals surface area contributed by atoms with Gasteiger partial charge >= 0.3 is 5.97 Å². The molecule has 0 unspecified atom stereocenters. The van der Waals surface area contributed by atoms with Gasteiger partial charge in [-0.25, -0.2) is 0 Å². The lowest BCUT2D eigenvalue weighted by atomic mass is 9.98. The molecular formula is C18H27NO3. The lowest BCUT2D eigenvalue weighted by Gasteiger charge is -2.30. The Morgan fingerprint density at radius 1 is 1.45 bits per heavy atom. The molecule has 0 saturated carbocycles. The van der Waals surface area contributed by atoms with Crippen LogP contribution in [0.4, 0.5) is 0 Å². The van der Waals surface area contributed by atoms with Gasteiger partial charge in [-0.3, -0.25) is 9.69 Å². The van der Waals surface area contributed by atoms with Crippen LogP contribution < -0.4 is 4.74 Å². The van der Waals surface area contributed by atoms with E-state index in [0.29, 0.717) is 19.1 Å². The zero-order valence-corrected chi connectivity index (χ0v) is 13.8. The number of carbonyl (C=O) groups is 1. The van der Waals surface area contributed by atoms with Crippen LogP contribution in [0.3, 0.4) is 0 Å². The molecule has 1 fully saturated rings. The van der Waals surface area contributed by atoms with E-state index >= 15 is 0 Å². The minimum atomic E-state index is -0.675. The maximum atomic E-state index is 11.1. The van der Waals surface area contributed by atoms with Gasteiger partial charge in [-0.15, -0.1) is 0 Å². The quantitative estimate of drug-likeness (QED) is 0.876. The van der Waals surface area contributed by atoms with Crippen LogP contribution in [0.15, 0.2) is 18.2 Å². The molecule has 1 atom stereocenters. The summed E-state index contributed by atoms with van der Waals surface area (Å²) in [4.78, 5) is 13.3. The maximum absolute atomic E-state index is 11.1. The van der Waals surface area contributed by atoms with Crippen molar-refractivity contribution in [3.63, 3.8) is 0 Å². The van der Waals surface area contributed by atoms with Gasteiger partial charge in [-0.1, -0.05) is 19.9 Å². The normalized spacial score (nSPS) is 19.4. The fourth-order valence-corrected chi connectivity index (χ4v) is 3.14. The fraction of sp³-hybridized carbons (Fsp3) is 0.611. The summed E-state index contributed by atoms with van der Waals surface area (Å²) in [5.41, 5.74) is 2.61. The molecule has 1 aliphatic rings. The number of nitrogens with zero attached hydrogens (tertiary/aromatic N) is 1. The summed E-state index contributed by atoms with van der Waals surface area (Å²) in [6.45, 7) is 9.50. The third kappa shape index (κ3) is 4.47. The summed E-state index contributed by atoms with van der Waals surface area (Å²) in [6.07, 6.45) is 1.75. The molecule has 1 saturated heterocycles. The molecule has 0 radical (unpaired) electrons. The highest BCUT2D eigenvalue weighted by molar-refractivity contribution is 5.70. The molecule has 1 aromatic carbocycles. The van der Waals surface area contributed by atoms with Crippen molar-refractivity contribution in [2.24, 2.45) is 5.92 Å². The summed E-state index contributed by atoms with van der Waals surface area (Å²) in [6, 6.07) is 6.25. The van der Waals surface area contributed by atoms with E-state index < -0.39 is 5.97 Å². The number of aliphatic carboxylic acids is 1. The van der Waals surface area contributed by atoms with E-state index in [4.69, 9.17) is 9.84 Å². The first-order valence-corrected chi connectivity index (χ1v) is 8.16. The Kier molecular flexibility index (Phi) is 5.83. The summed E-state index contributed by atoms with van der Waals surface area (Å²) >= 11 is 0. The minimum absolute atomic E-state index is 0.221. The Bertz CT molecular complexity index is 513. The van der Waals surface area contributed by atoms with Gasteiger partial charge in [-0.2, -0.15) is 0 Å². The van der Waals surface area contributed by atoms with Crippen molar-refractivity contribution in [3.05, 3.63) is 29.3 Å². The standard InChI is InChI=1S/C18H27NO3/c1-13(2)17-7-6-16(11-14(17)3)22-10-9-19-8-4-5-15(12-19)18(20)21/h6-7,11,13,15H,4-5,8-10,12H2,1-3H3,(H,20,21)/t15-/m0/s1. The van der Waals surface area contributed by atoms with Gasteiger partial charge < -0.3 is 9.84 Å². The molecule has 0 bridgehead atoms. The average molecular weight is 305 g/mol. The Labute approximate surface area is 133 Å². The van der Waals surface area contributed by atoms with Crippen LogP contribution in [-0.4, -0.2) is 42.2 Å². The van der Waals surface area contributed by atoms with Gasteiger partial charge in [0.1, 0.15) is 12.4 Å². The van der Waals surface area contributed by atoms with E-state index in [-0.39, 0.29) is 5.92 Å². The van der Waals surface area contributed by atoms with Gasteiger partial charge in [0, 0.05) is 13.1 Å². The predicted octanol–water partition coefficient (Wildman–Crippen LogP) is 3.29. The number of benzene rings is 1. The molecule has 4 nitrogen and oxygen atoms in total. The molecule has 1 aliphatic heterocycles. The molecule has 0 spiro atoms. The van der Waals surface area contributed by atoms with Crippen molar-refractivity contribution in [2.45, 2.75) is 39.5 Å². The maximum Gasteiger partial charge on any atom is 0.307 e. The first-order chi connectivity index (χ1) is 10.5. The largest absolute Gasteiger partial charge is 0.492 e. The highest BCUT2D eigenvalue weighted by atomic mass is 16.5. The molecule has 1 heterocycles. The van der Waals surface area contributed by atoms with Crippen molar-refractivity contribution >= 4 is 5.97 Å². The minimum Gasteiger partial charge on any atom is -0.492 e. The van der Waals surface area contributed by atoms with Crippen LogP contribution in [0.5, 0.6) is 5.75 Å². The van der Waals surface area contributed by atoms with E-state index in [0.717, 1.165) is 31.7 Å². The van der Waals surface area contributed by atoms with Crippen molar-refractivity contribution in [3.8, 4) is 5.75 Å². The molecule has 0 amide bonds. The number of ether oxygens (including phenoxy) is 1. The zero-order chi connectivity index (χ0) is 16.1. The predicted molar refractivity (Wildman–Crippen MR) is 87.6 cm³/mol. The third-order valence-corrected chi connectivity index (χ3v) is 4.39. The molecule has 0 aromatic heterocycles. The molecule has 2 rings (SSSR count). The Morgan fingerprint density at radius 2 is 2.23 bits per heavy atom. The second kappa shape index (κ2) is 7.63. The Hall–Kier alpha value is -1.55. The van der Waals surface area contributed by atoms with Gasteiger partial charge in [0.15, 0.2) is 0 Å². The average Bonchev–Trinajstić information content (AvgIpc) is 2.47. The monoisotopic (exact) mass is 305 g/mol. The van der Waals surface area contributed by atoms with Crippen molar-refractivity contribution in [2.75, 3.05) is 26.2 Å². The van der Waals surface area contributed by atoms with Crippen molar-refractivity contribution in [1.29, 1.82) is 0 Å². The summed E-state index contributed by atoms with van der Waals surface area (Å²) < 4.78 is 5.83. The fourth-order valence-electron chi connectivity index (χ4n) is 3.14. The van der Waals surface area contributed by atoms with Crippen molar-refractivity contribution in [1.82, 2.24) is 4.90 Å². The van der Waals surface area contributed by atoms with Crippen LogP contribution in [-0.2, 0) is 4.79 Å². The lowest BCUT2D eigenvalue weighted by Crippen LogP contribution is -2.40. The third-order valence-electron chi connectivity index (χ3n) is 4.39.